The maximum absolute atomic E-state index is 13.6. The van der Waals surface area contributed by atoms with Crippen molar-refractivity contribution in [2.24, 2.45) is 0 Å². The molecule has 0 saturated heterocycles. The molecule has 4 heterocycles. The molecule has 0 amide bonds. The number of rotatable bonds is 5. The lowest BCUT2D eigenvalue weighted by Gasteiger charge is -2.03. The Labute approximate surface area is 182 Å². The van der Waals surface area contributed by atoms with Crippen LogP contribution in [0.4, 0.5) is 4.39 Å². The van der Waals surface area contributed by atoms with Crippen molar-refractivity contribution in [3.8, 4) is 22.0 Å². The number of benzene rings is 1. The standard InChI is InChI=1S/C25H19FN4S/c1-3-5-6-15(4-2)16-7-8-20-17(13-16)24(30-29-20)21-14-18-19(28-21)11-12-27-25(18)22-9-10-23(26)31-22/h3-14,28H,1H2,2H3,(H,29,30)/b6-5-,15-4+. The quantitative estimate of drug-likeness (QED) is 0.294. The SMILES string of the molecule is C=C/C=C\C(=C/C)c1ccc2[nH]nc(-c3cc4c(-c5ccc(F)s5)nccc4[nH]3)c2c1. The minimum Gasteiger partial charge on any atom is -0.353 e. The van der Waals surface area contributed by atoms with Crippen LogP contribution >= 0.6 is 11.3 Å². The van der Waals surface area contributed by atoms with Crippen LogP contribution in [0.25, 0.3) is 49.3 Å². The van der Waals surface area contributed by atoms with Crippen molar-refractivity contribution in [3.63, 3.8) is 0 Å². The number of H-pyrrole nitrogens is 2. The van der Waals surface area contributed by atoms with Gasteiger partial charge in [0.1, 0.15) is 5.69 Å². The maximum Gasteiger partial charge on any atom is 0.177 e. The van der Waals surface area contributed by atoms with Gasteiger partial charge < -0.3 is 4.98 Å². The fourth-order valence-corrected chi connectivity index (χ4v) is 4.49. The van der Waals surface area contributed by atoms with Crippen LogP contribution in [0.3, 0.4) is 0 Å². The molecule has 0 atom stereocenters. The molecule has 0 saturated carbocycles. The smallest absolute Gasteiger partial charge is 0.177 e. The van der Waals surface area contributed by atoms with Crippen LogP contribution in [0, 0.1) is 5.13 Å². The van der Waals surface area contributed by atoms with Gasteiger partial charge in [-0.1, -0.05) is 36.9 Å². The van der Waals surface area contributed by atoms with Gasteiger partial charge in [-0.3, -0.25) is 10.1 Å². The second-order valence-electron chi connectivity index (χ2n) is 7.08. The Kier molecular flexibility index (Phi) is 4.84. The van der Waals surface area contributed by atoms with E-state index < -0.39 is 0 Å². The number of thiophene rings is 1. The molecule has 0 aliphatic heterocycles. The van der Waals surface area contributed by atoms with E-state index in [1.807, 2.05) is 37.3 Å². The Morgan fingerprint density at radius 1 is 1.06 bits per heavy atom. The first-order valence-corrected chi connectivity index (χ1v) is 10.7. The first-order valence-electron chi connectivity index (χ1n) is 9.85. The number of nitrogens with zero attached hydrogens (tertiary/aromatic N) is 2. The number of hydrogen-bond acceptors (Lipinski definition) is 3. The molecule has 5 aromatic rings. The molecule has 4 aromatic heterocycles. The lowest BCUT2D eigenvalue weighted by Crippen LogP contribution is -1.82. The van der Waals surface area contributed by atoms with Gasteiger partial charge in [0.15, 0.2) is 5.13 Å². The van der Waals surface area contributed by atoms with Crippen molar-refractivity contribution in [2.75, 3.05) is 0 Å². The van der Waals surface area contributed by atoms with Crippen LogP contribution in [0.5, 0.6) is 0 Å². The predicted octanol–water partition coefficient (Wildman–Crippen LogP) is 7.12. The first-order chi connectivity index (χ1) is 15.2. The van der Waals surface area contributed by atoms with Crippen LogP contribution < -0.4 is 0 Å². The number of aromatic nitrogens is 4. The fraction of sp³-hybridized carbons (Fsp3) is 0.0400. The molecule has 0 aliphatic rings. The highest BCUT2D eigenvalue weighted by molar-refractivity contribution is 7.13. The lowest BCUT2D eigenvalue weighted by atomic mass is 10.0. The van der Waals surface area contributed by atoms with E-state index in [0.29, 0.717) is 0 Å². The molecule has 1 aromatic carbocycles. The zero-order valence-electron chi connectivity index (χ0n) is 16.8. The summed E-state index contributed by atoms with van der Waals surface area (Å²) in [4.78, 5) is 8.75. The number of halogens is 1. The summed E-state index contributed by atoms with van der Waals surface area (Å²) in [6.07, 6.45) is 9.54. The molecule has 0 spiro atoms. The number of pyridine rings is 1. The Bertz CT molecular complexity index is 1480. The third kappa shape index (κ3) is 3.41. The van der Waals surface area contributed by atoms with Gasteiger partial charge >= 0.3 is 0 Å². The Morgan fingerprint density at radius 3 is 2.71 bits per heavy atom. The van der Waals surface area contributed by atoms with Crippen LogP contribution in [-0.2, 0) is 0 Å². The summed E-state index contributed by atoms with van der Waals surface area (Å²) in [5.41, 5.74) is 6.58. The van der Waals surface area contributed by atoms with Crippen LogP contribution in [0.1, 0.15) is 12.5 Å². The van der Waals surface area contributed by atoms with Crippen molar-refractivity contribution in [2.45, 2.75) is 6.92 Å². The highest BCUT2D eigenvalue weighted by atomic mass is 32.1. The number of hydrogen-bond donors (Lipinski definition) is 2. The average molecular weight is 427 g/mol. The number of aromatic amines is 2. The van der Waals surface area contributed by atoms with Crippen molar-refractivity contribution in [1.82, 2.24) is 20.2 Å². The Hall–Kier alpha value is -3.77. The third-order valence-corrected chi connectivity index (χ3v) is 6.11. The first kappa shape index (κ1) is 19.2. The van der Waals surface area contributed by atoms with E-state index in [2.05, 4.69) is 45.0 Å². The number of allylic oxidation sites excluding steroid dienone is 5. The summed E-state index contributed by atoms with van der Waals surface area (Å²) < 4.78 is 13.6. The molecular formula is C25H19FN4S. The Morgan fingerprint density at radius 2 is 1.94 bits per heavy atom. The number of fused-ring (bicyclic) bond motifs is 2. The van der Waals surface area contributed by atoms with Gasteiger partial charge in [0.25, 0.3) is 0 Å². The zero-order valence-corrected chi connectivity index (χ0v) is 17.6. The van der Waals surface area contributed by atoms with Gasteiger partial charge in [0, 0.05) is 22.5 Å². The van der Waals surface area contributed by atoms with Gasteiger partial charge in [-0.15, -0.1) is 11.3 Å². The molecule has 0 unspecified atom stereocenters. The summed E-state index contributed by atoms with van der Waals surface area (Å²) in [6, 6.07) is 13.4. The van der Waals surface area contributed by atoms with Crippen molar-refractivity contribution in [3.05, 3.63) is 90.2 Å². The third-order valence-electron chi connectivity index (χ3n) is 5.23. The summed E-state index contributed by atoms with van der Waals surface area (Å²) in [6.45, 7) is 5.77. The zero-order chi connectivity index (χ0) is 21.4. The average Bonchev–Trinajstić information content (AvgIpc) is 3.51. The molecule has 152 valence electrons. The van der Waals surface area contributed by atoms with Crippen LogP contribution in [-0.4, -0.2) is 20.2 Å². The van der Waals surface area contributed by atoms with Gasteiger partial charge in [0.05, 0.1) is 21.8 Å². The van der Waals surface area contributed by atoms with E-state index in [-0.39, 0.29) is 5.13 Å². The summed E-state index contributed by atoms with van der Waals surface area (Å²) in [7, 11) is 0. The normalized spacial score (nSPS) is 12.4. The van der Waals surface area contributed by atoms with Gasteiger partial charge in [0.2, 0.25) is 0 Å². The summed E-state index contributed by atoms with van der Waals surface area (Å²) in [5.74, 6) is 0. The van der Waals surface area contributed by atoms with Crippen molar-refractivity contribution in [1.29, 1.82) is 0 Å². The van der Waals surface area contributed by atoms with Crippen LogP contribution in [0.15, 0.2) is 79.5 Å². The van der Waals surface area contributed by atoms with Crippen molar-refractivity contribution < 1.29 is 4.39 Å². The summed E-state index contributed by atoms with van der Waals surface area (Å²) >= 11 is 1.09. The van der Waals surface area contributed by atoms with Gasteiger partial charge in [-0.05, 0) is 54.5 Å². The molecular weight excluding hydrogens is 407 g/mol. The highest BCUT2D eigenvalue weighted by Crippen LogP contribution is 2.35. The maximum atomic E-state index is 13.6. The van der Waals surface area contributed by atoms with Gasteiger partial charge in [-0.25, -0.2) is 0 Å². The lowest BCUT2D eigenvalue weighted by molar-refractivity contribution is 0.657. The minimum atomic E-state index is -0.222. The van der Waals surface area contributed by atoms with E-state index in [0.717, 1.165) is 66.2 Å². The second kappa shape index (κ2) is 7.81. The topological polar surface area (TPSA) is 57.4 Å². The summed E-state index contributed by atoms with van der Waals surface area (Å²) in [5, 5.41) is 9.43. The molecule has 2 N–H and O–H groups in total. The monoisotopic (exact) mass is 426 g/mol. The molecule has 0 aliphatic carbocycles. The highest BCUT2D eigenvalue weighted by Gasteiger charge is 2.15. The molecule has 0 fully saturated rings. The Balaban J connectivity index is 1.65. The molecule has 0 bridgehead atoms. The molecule has 0 radical (unpaired) electrons. The van der Waals surface area contributed by atoms with Crippen LogP contribution in [0.2, 0.25) is 0 Å². The molecule has 31 heavy (non-hydrogen) atoms. The molecule has 5 rings (SSSR count). The van der Waals surface area contributed by atoms with E-state index >= 15 is 0 Å². The minimum absolute atomic E-state index is 0.222. The number of nitrogens with one attached hydrogen (secondary N) is 2. The second-order valence-corrected chi connectivity index (χ2v) is 8.11. The van der Waals surface area contributed by atoms with E-state index in [9.17, 15) is 4.39 Å². The van der Waals surface area contributed by atoms with E-state index in [1.165, 1.54) is 6.07 Å². The van der Waals surface area contributed by atoms with Gasteiger partial charge in [-0.2, -0.15) is 9.49 Å². The fourth-order valence-electron chi connectivity index (χ4n) is 3.75. The van der Waals surface area contributed by atoms with Crippen molar-refractivity contribution >= 4 is 38.7 Å². The largest absolute Gasteiger partial charge is 0.353 e. The van der Waals surface area contributed by atoms with E-state index in [1.54, 1.807) is 18.3 Å². The molecule has 6 heteroatoms. The molecule has 4 nitrogen and oxygen atoms in total. The predicted molar refractivity (Wildman–Crippen MR) is 127 cm³/mol. The van der Waals surface area contributed by atoms with E-state index in [4.69, 9.17) is 0 Å².